The molecule has 0 aromatic heterocycles. The third-order valence-corrected chi connectivity index (χ3v) is 8.12. The number of carboxylic acid groups (broad SMARTS) is 1. The lowest BCUT2D eigenvalue weighted by Crippen LogP contribution is -2.59. The average Bonchev–Trinajstić information content (AvgIpc) is 3.12. The molecule has 50 heavy (non-hydrogen) atoms. The van der Waals surface area contributed by atoms with Crippen LogP contribution in [-0.2, 0) is 49.7 Å². The van der Waals surface area contributed by atoms with Crippen LogP contribution in [0.5, 0.6) is 0 Å². The molecule has 5 atom stereocenters. The molecule has 0 aliphatic rings. The zero-order valence-corrected chi connectivity index (χ0v) is 27.8. The van der Waals surface area contributed by atoms with E-state index in [1.807, 2.05) is 66.7 Å². The number of amides is 4. The fraction of sp³-hybridized carbons (Fsp3) is 0.256. The maximum atomic E-state index is 13.9. The summed E-state index contributed by atoms with van der Waals surface area (Å²) in [6.07, 6.45) is 0.531. The van der Waals surface area contributed by atoms with E-state index in [9.17, 15) is 29.1 Å². The standard InChI is InChI=1S/C39H43N5O6/c1-26(35(45)44-34(39(49)50)25-30-20-12-5-13-21-30)41-37(47)32(23-28-16-8-3-9-17-28)43-38(48)33(24-29-18-10-4-11-19-29)42-36(46)31(40)22-27-14-6-2-7-15-27/h2-21,26,31-34H,22-25,40H2,1H3,(H,41,47)(H,42,46)(H,43,48)(H,44,45)(H,49,50)/t26-,31-,32-,33-,34-/m1/s1. The Morgan fingerprint density at radius 3 is 1.20 bits per heavy atom. The highest BCUT2D eigenvalue weighted by Crippen LogP contribution is 2.09. The number of rotatable bonds is 17. The van der Waals surface area contributed by atoms with Crippen molar-refractivity contribution in [2.75, 3.05) is 0 Å². The predicted molar refractivity (Wildman–Crippen MR) is 190 cm³/mol. The second kappa shape index (κ2) is 18.7. The Balaban J connectivity index is 1.48. The highest BCUT2D eigenvalue weighted by atomic mass is 16.4. The first-order valence-corrected chi connectivity index (χ1v) is 16.4. The molecular formula is C39H43N5O6. The van der Waals surface area contributed by atoms with E-state index in [2.05, 4.69) is 21.3 Å². The van der Waals surface area contributed by atoms with E-state index in [4.69, 9.17) is 5.73 Å². The highest BCUT2D eigenvalue weighted by Gasteiger charge is 2.31. The number of hydrogen-bond donors (Lipinski definition) is 6. The number of nitrogens with two attached hydrogens (primary N) is 1. The van der Waals surface area contributed by atoms with Crippen LogP contribution in [0.3, 0.4) is 0 Å². The van der Waals surface area contributed by atoms with Crippen LogP contribution in [0.4, 0.5) is 0 Å². The molecule has 0 aliphatic heterocycles. The molecule has 0 bridgehead atoms. The van der Waals surface area contributed by atoms with Gasteiger partial charge < -0.3 is 32.1 Å². The monoisotopic (exact) mass is 677 g/mol. The van der Waals surface area contributed by atoms with Crippen molar-refractivity contribution < 1.29 is 29.1 Å². The van der Waals surface area contributed by atoms with Gasteiger partial charge in [0.15, 0.2) is 0 Å². The van der Waals surface area contributed by atoms with E-state index in [1.165, 1.54) is 6.92 Å². The second-order valence-electron chi connectivity index (χ2n) is 12.1. The summed E-state index contributed by atoms with van der Waals surface area (Å²) in [4.78, 5) is 65.9. The summed E-state index contributed by atoms with van der Waals surface area (Å²) in [5.41, 5.74) is 9.35. The summed E-state index contributed by atoms with van der Waals surface area (Å²) in [6.45, 7) is 1.43. The third kappa shape index (κ3) is 11.7. The van der Waals surface area contributed by atoms with Gasteiger partial charge in [0.25, 0.3) is 0 Å². The molecule has 0 saturated heterocycles. The molecule has 11 nitrogen and oxygen atoms in total. The SMILES string of the molecule is C[C@@H](NC(=O)[C@@H](Cc1ccccc1)NC(=O)[C@@H](Cc1ccccc1)NC(=O)[C@H](N)Cc1ccccc1)C(=O)N[C@H](Cc1ccccc1)C(=O)O. The van der Waals surface area contributed by atoms with Crippen LogP contribution in [0.2, 0.25) is 0 Å². The Bertz CT molecular complexity index is 1710. The van der Waals surface area contributed by atoms with Crippen LogP contribution < -0.4 is 27.0 Å². The van der Waals surface area contributed by atoms with Gasteiger partial charge in [-0.3, -0.25) is 19.2 Å². The van der Waals surface area contributed by atoms with Gasteiger partial charge in [-0.1, -0.05) is 121 Å². The predicted octanol–water partition coefficient (Wildman–Crippen LogP) is 2.33. The Hall–Kier alpha value is -5.81. The molecule has 4 aromatic rings. The lowest BCUT2D eigenvalue weighted by Gasteiger charge is -2.26. The zero-order chi connectivity index (χ0) is 35.9. The molecule has 4 rings (SSSR count). The van der Waals surface area contributed by atoms with Crippen LogP contribution in [0.15, 0.2) is 121 Å². The van der Waals surface area contributed by atoms with Gasteiger partial charge in [0, 0.05) is 19.3 Å². The van der Waals surface area contributed by atoms with E-state index >= 15 is 0 Å². The van der Waals surface area contributed by atoms with Crippen molar-refractivity contribution >= 4 is 29.6 Å². The van der Waals surface area contributed by atoms with Gasteiger partial charge in [0.1, 0.15) is 24.2 Å². The van der Waals surface area contributed by atoms with Crippen LogP contribution in [0.1, 0.15) is 29.2 Å². The molecule has 0 fully saturated rings. The van der Waals surface area contributed by atoms with Gasteiger partial charge in [0.2, 0.25) is 23.6 Å². The van der Waals surface area contributed by atoms with Crippen molar-refractivity contribution in [3.05, 3.63) is 144 Å². The zero-order valence-electron chi connectivity index (χ0n) is 27.8. The topological polar surface area (TPSA) is 180 Å². The van der Waals surface area contributed by atoms with E-state index in [1.54, 1.807) is 54.6 Å². The quantitative estimate of drug-likeness (QED) is 0.0993. The number of carbonyl (C=O) groups excluding carboxylic acids is 4. The van der Waals surface area contributed by atoms with Gasteiger partial charge in [-0.15, -0.1) is 0 Å². The highest BCUT2D eigenvalue weighted by molar-refractivity contribution is 5.95. The molecular weight excluding hydrogens is 634 g/mol. The van der Waals surface area contributed by atoms with E-state index < -0.39 is 59.8 Å². The van der Waals surface area contributed by atoms with Crippen LogP contribution in [-0.4, -0.2) is 64.9 Å². The van der Waals surface area contributed by atoms with Crippen LogP contribution in [0, 0.1) is 0 Å². The molecule has 0 unspecified atom stereocenters. The maximum absolute atomic E-state index is 13.9. The first-order valence-electron chi connectivity index (χ1n) is 16.4. The second-order valence-corrected chi connectivity index (χ2v) is 12.1. The Kier molecular flexibility index (Phi) is 13.8. The summed E-state index contributed by atoms with van der Waals surface area (Å²) in [5.74, 6) is -3.72. The summed E-state index contributed by atoms with van der Waals surface area (Å²) in [7, 11) is 0. The molecule has 4 aromatic carbocycles. The van der Waals surface area contributed by atoms with Crippen molar-refractivity contribution in [3.63, 3.8) is 0 Å². The molecule has 11 heteroatoms. The van der Waals surface area contributed by atoms with E-state index in [0.29, 0.717) is 0 Å². The van der Waals surface area contributed by atoms with Crippen molar-refractivity contribution in [1.29, 1.82) is 0 Å². The molecule has 0 radical (unpaired) electrons. The molecule has 7 N–H and O–H groups in total. The Morgan fingerprint density at radius 1 is 0.480 bits per heavy atom. The summed E-state index contributed by atoms with van der Waals surface area (Å²) in [5, 5.41) is 20.4. The minimum Gasteiger partial charge on any atom is -0.480 e. The number of benzene rings is 4. The van der Waals surface area contributed by atoms with Crippen molar-refractivity contribution in [3.8, 4) is 0 Å². The van der Waals surface area contributed by atoms with Gasteiger partial charge in [0.05, 0.1) is 6.04 Å². The van der Waals surface area contributed by atoms with Crippen molar-refractivity contribution in [2.45, 2.75) is 62.8 Å². The number of carboxylic acids is 1. The number of nitrogens with one attached hydrogen (secondary N) is 4. The smallest absolute Gasteiger partial charge is 0.326 e. The van der Waals surface area contributed by atoms with Crippen LogP contribution >= 0.6 is 0 Å². The first kappa shape index (κ1) is 37.0. The van der Waals surface area contributed by atoms with Gasteiger partial charge >= 0.3 is 5.97 Å². The summed E-state index contributed by atoms with van der Waals surface area (Å²) < 4.78 is 0. The van der Waals surface area contributed by atoms with Crippen molar-refractivity contribution in [1.82, 2.24) is 21.3 Å². The minimum absolute atomic E-state index is 0.0544. The van der Waals surface area contributed by atoms with Crippen molar-refractivity contribution in [2.24, 2.45) is 5.73 Å². The van der Waals surface area contributed by atoms with Gasteiger partial charge in [-0.2, -0.15) is 0 Å². The first-order chi connectivity index (χ1) is 24.1. The summed E-state index contributed by atoms with van der Waals surface area (Å²) >= 11 is 0. The molecule has 4 amide bonds. The average molecular weight is 678 g/mol. The molecule has 0 spiro atoms. The lowest BCUT2D eigenvalue weighted by atomic mass is 10.0. The van der Waals surface area contributed by atoms with E-state index in [0.717, 1.165) is 22.3 Å². The number of aliphatic carboxylic acids is 1. The maximum Gasteiger partial charge on any atom is 0.326 e. The molecule has 0 saturated carbocycles. The Morgan fingerprint density at radius 2 is 0.800 bits per heavy atom. The fourth-order valence-electron chi connectivity index (χ4n) is 5.36. The summed E-state index contributed by atoms with van der Waals surface area (Å²) in [6, 6.07) is 30.8. The molecule has 260 valence electrons. The fourth-order valence-corrected chi connectivity index (χ4v) is 5.36. The molecule has 0 heterocycles. The van der Waals surface area contributed by atoms with Gasteiger partial charge in [-0.05, 0) is 35.6 Å². The number of hydrogen-bond acceptors (Lipinski definition) is 6. The largest absolute Gasteiger partial charge is 0.480 e. The van der Waals surface area contributed by atoms with Gasteiger partial charge in [-0.25, -0.2) is 4.79 Å². The lowest BCUT2D eigenvalue weighted by molar-refractivity contribution is -0.142. The molecule has 0 aliphatic carbocycles. The minimum atomic E-state index is -1.22. The third-order valence-electron chi connectivity index (χ3n) is 8.12. The van der Waals surface area contributed by atoms with Crippen LogP contribution in [0.25, 0.3) is 0 Å². The number of carbonyl (C=O) groups is 5. The normalized spacial score (nSPS) is 13.8. The van der Waals surface area contributed by atoms with E-state index in [-0.39, 0.29) is 25.7 Å². The Labute approximate surface area is 291 Å².